The third kappa shape index (κ3) is 2.12. The number of hydrogen-bond donors (Lipinski definition) is 1. The van der Waals surface area contributed by atoms with Crippen LogP contribution in [0.5, 0.6) is 0 Å². The number of fused-ring (bicyclic) bond motifs is 2. The molecule has 2 unspecified atom stereocenters. The van der Waals surface area contributed by atoms with Crippen molar-refractivity contribution in [2.75, 3.05) is 0 Å². The second-order valence-electron chi connectivity index (χ2n) is 5.81. The molecule has 1 aromatic heterocycles. The topological polar surface area (TPSA) is 72.1 Å². The Morgan fingerprint density at radius 1 is 1.26 bits per heavy atom. The van der Waals surface area contributed by atoms with Crippen molar-refractivity contribution in [2.45, 2.75) is 57.7 Å². The third-order valence-corrected chi connectivity index (χ3v) is 4.34. The first-order chi connectivity index (χ1) is 9.06. The van der Waals surface area contributed by atoms with E-state index < -0.39 is 0 Å². The fourth-order valence-corrected chi connectivity index (χ4v) is 3.46. The number of aromatic nitrogens is 2. The molecule has 2 aliphatic heterocycles. The summed E-state index contributed by atoms with van der Waals surface area (Å²) in [4.78, 5) is 14.8. The zero-order valence-corrected chi connectivity index (χ0v) is 11.5. The second-order valence-corrected chi connectivity index (χ2v) is 5.81. The summed E-state index contributed by atoms with van der Waals surface area (Å²) in [5.74, 6) is 0.106. The number of hydrogen-bond acceptors (Lipinski definition) is 4. The van der Waals surface area contributed by atoms with Crippen molar-refractivity contribution in [3.63, 3.8) is 0 Å². The molecule has 3 rings (SSSR count). The number of carbonyl (C=O) groups is 1. The van der Waals surface area contributed by atoms with Gasteiger partial charge in [-0.25, -0.2) is 0 Å². The van der Waals surface area contributed by atoms with Gasteiger partial charge in [-0.15, -0.1) is 0 Å². The van der Waals surface area contributed by atoms with E-state index in [-0.39, 0.29) is 11.9 Å². The minimum atomic E-state index is 0.106. The molecule has 2 bridgehead atoms. The Hall–Kier alpha value is -1.49. The van der Waals surface area contributed by atoms with E-state index in [0.29, 0.717) is 23.3 Å². The monoisotopic (exact) mass is 260 g/mol. The number of piperidine rings is 1. The van der Waals surface area contributed by atoms with Gasteiger partial charge < -0.3 is 10.6 Å². The van der Waals surface area contributed by atoms with Gasteiger partial charge in [0.05, 0.1) is 17.0 Å². The van der Waals surface area contributed by atoms with Crippen LogP contribution in [0.4, 0.5) is 0 Å². The van der Waals surface area contributed by atoms with Crippen LogP contribution in [0.3, 0.4) is 0 Å². The van der Waals surface area contributed by atoms with E-state index in [1.165, 1.54) is 0 Å². The largest absolute Gasteiger partial charge is 0.333 e. The van der Waals surface area contributed by atoms with Gasteiger partial charge in [0.1, 0.15) is 0 Å². The molecule has 1 aromatic rings. The maximum atomic E-state index is 12.8. The van der Waals surface area contributed by atoms with E-state index in [9.17, 15) is 4.79 Å². The quantitative estimate of drug-likeness (QED) is 0.823. The van der Waals surface area contributed by atoms with Crippen molar-refractivity contribution in [1.29, 1.82) is 0 Å². The first-order valence-corrected chi connectivity index (χ1v) is 6.95. The highest BCUT2D eigenvalue weighted by molar-refractivity contribution is 5.96. The van der Waals surface area contributed by atoms with Crippen LogP contribution in [-0.2, 0) is 0 Å². The van der Waals surface area contributed by atoms with E-state index in [0.717, 1.165) is 31.4 Å². The molecule has 2 atom stereocenters. The van der Waals surface area contributed by atoms with Gasteiger partial charge >= 0.3 is 0 Å². The summed E-state index contributed by atoms with van der Waals surface area (Å²) in [5.41, 5.74) is 8.24. The van der Waals surface area contributed by atoms with Crippen LogP contribution in [0, 0.1) is 13.8 Å². The summed E-state index contributed by atoms with van der Waals surface area (Å²) in [6.45, 7) is 3.71. The Bertz CT molecular complexity index is 502. The predicted molar refractivity (Wildman–Crippen MR) is 71.7 cm³/mol. The van der Waals surface area contributed by atoms with Crippen LogP contribution >= 0.6 is 0 Å². The van der Waals surface area contributed by atoms with Gasteiger partial charge in [-0.2, -0.15) is 10.2 Å². The predicted octanol–water partition coefficient (Wildman–Crippen LogP) is 1.19. The second kappa shape index (κ2) is 4.56. The molecule has 0 aliphatic carbocycles. The van der Waals surface area contributed by atoms with Gasteiger partial charge in [0.2, 0.25) is 0 Å². The average molecular weight is 260 g/mol. The molecular weight excluding hydrogens is 240 g/mol. The standard InChI is InChI=1S/C14H20N4O/c1-8-5-13(9(2)17-16-8)14(19)18-11-3-4-12(18)7-10(15)6-11/h5,10-12H,3-4,6-7,15H2,1-2H3. The minimum absolute atomic E-state index is 0.106. The van der Waals surface area contributed by atoms with E-state index in [1.54, 1.807) is 0 Å². The van der Waals surface area contributed by atoms with Gasteiger partial charge in [0.25, 0.3) is 5.91 Å². The highest BCUT2D eigenvalue weighted by Gasteiger charge is 2.42. The molecule has 1 amide bonds. The summed E-state index contributed by atoms with van der Waals surface area (Å²) in [6, 6.07) is 2.72. The number of aryl methyl sites for hydroxylation is 2. The van der Waals surface area contributed by atoms with E-state index >= 15 is 0 Å². The van der Waals surface area contributed by atoms with Crippen LogP contribution in [0.2, 0.25) is 0 Å². The lowest BCUT2D eigenvalue weighted by molar-refractivity contribution is 0.0573. The average Bonchev–Trinajstić information content (AvgIpc) is 2.64. The summed E-state index contributed by atoms with van der Waals surface area (Å²) < 4.78 is 0. The van der Waals surface area contributed by atoms with Crippen molar-refractivity contribution in [1.82, 2.24) is 15.1 Å². The highest BCUT2D eigenvalue weighted by atomic mass is 16.2. The molecule has 5 nitrogen and oxygen atoms in total. The minimum Gasteiger partial charge on any atom is -0.333 e. The van der Waals surface area contributed by atoms with Crippen LogP contribution < -0.4 is 5.73 Å². The Morgan fingerprint density at radius 3 is 2.53 bits per heavy atom. The van der Waals surface area contributed by atoms with Crippen molar-refractivity contribution in [3.8, 4) is 0 Å². The molecule has 0 spiro atoms. The Labute approximate surface area is 113 Å². The Kier molecular flexibility index (Phi) is 3.01. The summed E-state index contributed by atoms with van der Waals surface area (Å²) in [7, 11) is 0. The molecule has 0 radical (unpaired) electrons. The van der Waals surface area contributed by atoms with E-state index in [2.05, 4.69) is 10.2 Å². The maximum absolute atomic E-state index is 12.8. The Morgan fingerprint density at radius 2 is 1.89 bits per heavy atom. The number of nitrogens with two attached hydrogens (primary N) is 1. The van der Waals surface area contributed by atoms with Gasteiger partial charge in [-0.1, -0.05) is 0 Å². The summed E-state index contributed by atoms with van der Waals surface area (Å²) in [5, 5.41) is 8.05. The lowest BCUT2D eigenvalue weighted by Gasteiger charge is -2.37. The lowest BCUT2D eigenvalue weighted by atomic mass is 9.97. The molecule has 102 valence electrons. The molecule has 2 fully saturated rings. The molecular formula is C14H20N4O. The maximum Gasteiger partial charge on any atom is 0.256 e. The van der Waals surface area contributed by atoms with Gasteiger partial charge in [-0.05, 0) is 45.6 Å². The van der Waals surface area contributed by atoms with Gasteiger partial charge in [0, 0.05) is 18.1 Å². The lowest BCUT2D eigenvalue weighted by Crippen LogP contribution is -2.50. The summed E-state index contributed by atoms with van der Waals surface area (Å²) >= 11 is 0. The molecule has 5 heteroatoms. The van der Waals surface area contributed by atoms with Crippen LogP contribution in [0.15, 0.2) is 6.07 Å². The van der Waals surface area contributed by atoms with Crippen LogP contribution in [0.25, 0.3) is 0 Å². The third-order valence-electron chi connectivity index (χ3n) is 4.34. The summed E-state index contributed by atoms with van der Waals surface area (Å²) in [6.07, 6.45) is 4.03. The molecule has 0 aromatic carbocycles. The van der Waals surface area contributed by atoms with Crippen molar-refractivity contribution in [3.05, 3.63) is 23.0 Å². The first-order valence-electron chi connectivity index (χ1n) is 6.95. The molecule has 19 heavy (non-hydrogen) atoms. The fourth-order valence-electron chi connectivity index (χ4n) is 3.46. The highest BCUT2D eigenvalue weighted by Crippen LogP contribution is 2.36. The molecule has 2 aliphatic rings. The van der Waals surface area contributed by atoms with Crippen molar-refractivity contribution >= 4 is 5.91 Å². The van der Waals surface area contributed by atoms with Gasteiger partial charge in [-0.3, -0.25) is 4.79 Å². The Balaban J connectivity index is 1.90. The van der Waals surface area contributed by atoms with E-state index in [4.69, 9.17) is 5.73 Å². The zero-order valence-electron chi connectivity index (χ0n) is 11.5. The fraction of sp³-hybridized carbons (Fsp3) is 0.643. The molecule has 2 saturated heterocycles. The SMILES string of the molecule is Cc1cc(C(=O)N2C3CCC2CC(N)C3)c(C)nn1. The van der Waals surface area contributed by atoms with Crippen molar-refractivity contribution in [2.24, 2.45) is 5.73 Å². The zero-order chi connectivity index (χ0) is 13.6. The number of carbonyl (C=O) groups excluding carboxylic acids is 1. The smallest absolute Gasteiger partial charge is 0.256 e. The van der Waals surface area contributed by atoms with Crippen LogP contribution in [-0.4, -0.2) is 39.1 Å². The molecule has 0 saturated carbocycles. The number of rotatable bonds is 1. The van der Waals surface area contributed by atoms with Crippen molar-refractivity contribution < 1.29 is 4.79 Å². The van der Waals surface area contributed by atoms with Crippen LogP contribution in [0.1, 0.15) is 47.4 Å². The van der Waals surface area contributed by atoms with Gasteiger partial charge in [0.15, 0.2) is 0 Å². The first kappa shape index (κ1) is 12.5. The van der Waals surface area contributed by atoms with E-state index in [1.807, 2.05) is 24.8 Å². The number of nitrogens with zero attached hydrogens (tertiary/aromatic N) is 3. The normalized spacial score (nSPS) is 29.6. The molecule has 2 N–H and O–H groups in total. The molecule has 3 heterocycles. The number of amides is 1.